The number of hydroxylamine groups is 2. The SMILES string of the molecule is COc1cc(/C=C2/C(=N)N3OC(C)=CC3=NC2=O)cc(Br)c1OCCOc1ccccc1C. The summed E-state index contributed by atoms with van der Waals surface area (Å²) in [6.45, 7) is 4.39. The van der Waals surface area contributed by atoms with Gasteiger partial charge in [0.2, 0.25) is 0 Å². The van der Waals surface area contributed by atoms with Gasteiger partial charge in [0, 0.05) is 6.08 Å². The quantitative estimate of drug-likeness (QED) is 0.428. The van der Waals surface area contributed by atoms with Gasteiger partial charge in [-0.1, -0.05) is 18.2 Å². The Kier molecular flexibility index (Phi) is 6.50. The number of ether oxygens (including phenoxy) is 3. The molecule has 0 spiro atoms. The molecule has 0 atom stereocenters. The Hall–Kier alpha value is -3.59. The van der Waals surface area contributed by atoms with E-state index in [9.17, 15) is 4.79 Å². The Bertz CT molecular complexity index is 1220. The molecule has 8 nitrogen and oxygen atoms in total. The Labute approximate surface area is 199 Å². The third kappa shape index (κ3) is 4.78. The number of amides is 1. The molecule has 170 valence electrons. The zero-order valence-electron chi connectivity index (χ0n) is 18.3. The molecular formula is C24H22BrN3O5. The summed E-state index contributed by atoms with van der Waals surface area (Å²) in [5, 5.41) is 9.57. The molecule has 0 aliphatic carbocycles. The average molecular weight is 512 g/mol. The minimum atomic E-state index is -0.510. The van der Waals surface area contributed by atoms with Crippen LogP contribution < -0.4 is 14.2 Å². The third-order valence-corrected chi connectivity index (χ3v) is 5.51. The van der Waals surface area contributed by atoms with Gasteiger partial charge in [0.05, 0.1) is 17.2 Å². The first kappa shape index (κ1) is 22.6. The molecule has 2 heterocycles. The maximum atomic E-state index is 12.5. The highest BCUT2D eigenvalue weighted by atomic mass is 79.9. The van der Waals surface area contributed by atoms with Gasteiger partial charge in [0.1, 0.15) is 24.7 Å². The fraction of sp³-hybridized carbons (Fsp3) is 0.208. The first-order valence-electron chi connectivity index (χ1n) is 10.2. The third-order valence-electron chi connectivity index (χ3n) is 4.92. The monoisotopic (exact) mass is 511 g/mol. The van der Waals surface area contributed by atoms with Gasteiger partial charge in [-0.05, 0) is 65.2 Å². The van der Waals surface area contributed by atoms with Crippen LogP contribution in [0.1, 0.15) is 18.1 Å². The van der Waals surface area contributed by atoms with Crippen molar-refractivity contribution in [3.63, 3.8) is 0 Å². The van der Waals surface area contributed by atoms with E-state index in [-0.39, 0.29) is 11.4 Å². The fourth-order valence-electron chi connectivity index (χ4n) is 3.34. The van der Waals surface area contributed by atoms with Crippen molar-refractivity contribution in [3.05, 3.63) is 69.4 Å². The minimum absolute atomic E-state index is 0.0816. The van der Waals surface area contributed by atoms with E-state index in [2.05, 4.69) is 20.9 Å². The number of para-hydroxylation sites is 1. The van der Waals surface area contributed by atoms with Gasteiger partial charge in [0.15, 0.2) is 23.2 Å². The van der Waals surface area contributed by atoms with Crippen molar-refractivity contribution in [2.75, 3.05) is 20.3 Å². The first-order valence-corrected chi connectivity index (χ1v) is 11.0. The number of benzene rings is 2. The van der Waals surface area contributed by atoms with Gasteiger partial charge in [-0.15, -0.1) is 5.06 Å². The van der Waals surface area contributed by atoms with E-state index in [0.29, 0.717) is 46.3 Å². The lowest BCUT2D eigenvalue weighted by molar-refractivity contribution is -0.114. The van der Waals surface area contributed by atoms with Crippen molar-refractivity contribution in [1.82, 2.24) is 5.06 Å². The zero-order chi connectivity index (χ0) is 23.5. The predicted octanol–water partition coefficient (Wildman–Crippen LogP) is 4.67. The number of nitrogens with zero attached hydrogens (tertiary/aromatic N) is 2. The first-order chi connectivity index (χ1) is 15.9. The number of carbonyl (C=O) groups is 1. The van der Waals surface area contributed by atoms with Crippen LogP contribution in [0, 0.1) is 12.3 Å². The Morgan fingerprint density at radius 2 is 1.91 bits per heavy atom. The zero-order valence-corrected chi connectivity index (χ0v) is 19.9. The van der Waals surface area contributed by atoms with Crippen molar-refractivity contribution < 1.29 is 23.8 Å². The molecule has 0 fully saturated rings. The average Bonchev–Trinajstić information content (AvgIpc) is 3.16. The molecule has 2 aliphatic heterocycles. The van der Waals surface area contributed by atoms with Gasteiger partial charge in [0.25, 0.3) is 5.91 Å². The van der Waals surface area contributed by atoms with Crippen LogP contribution in [-0.2, 0) is 9.63 Å². The van der Waals surface area contributed by atoms with Crippen LogP contribution in [0.25, 0.3) is 6.08 Å². The van der Waals surface area contributed by atoms with Crippen LogP contribution in [0.15, 0.2) is 63.3 Å². The van der Waals surface area contributed by atoms with E-state index >= 15 is 0 Å². The second kappa shape index (κ2) is 9.50. The van der Waals surface area contributed by atoms with Gasteiger partial charge in [-0.2, -0.15) is 4.99 Å². The number of fused-ring (bicyclic) bond motifs is 1. The Morgan fingerprint density at radius 3 is 2.67 bits per heavy atom. The molecule has 0 bridgehead atoms. The molecule has 33 heavy (non-hydrogen) atoms. The summed E-state index contributed by atoms with van der Waals surface area (Å²) in [7, 11) is 1.53. The number of nitrogens with one attached hydrogen (secondary N) is 1. The number of hydrogen-bond donors (Lipinski definition) is 1. The summed E-state index contributed by atoms with van der Waals surface area (Å²) < 4.78 is 17.8. The molecular weight excluding hydrogens is 490 g/mol. The van der Waals surface area contributed by atoms with Gasteiger partial charge in [-0.3, -0.25) is 10.2 Å². The highest BCUT2D eigenvalue weighted by Crippen LogP contribution is 2.37. The molecule has 0 unspecified atom stereocenters. The molecule has 0 saturated heterocycles. The van der Waals surface area contributed by atoms with Crippen LogP contribution >= 0.6 is 15.9 Å². The summed E-state index contributed by atoms with van der Waals surface area (Å²) in [5.41, 5.74) is 1.80. The molecule has 0 saturated carbocycles. The number of aryl methyl sites for hydroxylation is 1. The summed E-state index contributed by atoms with van der Waals surface area (Å²) in [4.78, 5) is 21.9. The molecule has 2 aromatic carbocycles. The van der Waals surface area contributed by atoms with E-state index in [1.165, 1.54) is 12.2 Å². The largest absolute Gasteiger partial charge is 0.493 e. The second-order valence-corrected chi connectivity index (χ2v) is 8.17. The van der Waals surface area contributed by atoms with Gasteiger partial charge < -0.3 is 19.0 Å². The maximum absolute atomic E-state index is 12.5. The molecule has 0 radical (unpaired) electrons. The van der Waals surface area contributed by atoms with Crippen molar-refractivity contribution in [2.45, 2.75) is 13.8 Å². The molecule has 4 rings (SSSR count). The Balaban J connectivity index is 1.49. The second-order valence-electron chi connectivity index (χ2n) is 7.32. The van der Waals surface area contributed by atoms with Crippen molar-refractivity contribution in [1.29, 1.82) is 5.41 Å². The van der Waals surface area contributed by atoms with E-state index < -0.39 is 5.91 Å². The van der Waals surface area contributed by atoms with E-state index in [0.717, 1.165) is 11.3 Å². The number of hydrogen-bond acceptors (Lipinski definition) is 6. The number of halogens is 1. The fourth-order valence-corrected chi connectivity index (χ4v) is 3.92. The molecule has 2 aliphatic rings. The van der Waals surface area contributed by atoms with Crippen molar-refractivity contribution in [3.8, 4) is 17.2 Å². The number of amidine groups is 2. The summed E-state index contributed by atoms with van der Waals surface area (Å²) in [6, 6.07) is 11.3. The lowest BCUT2D eigenvalue weighted by atomic mass is 10.1. The van der Waals surface area contributed by atoms with Crippen LogP contribution in [0.2, 0.25) is 0 Å². The number of aliphatic imine (C=N–C) groups is 1. The lowest BCUT2D eigenvalue weighted by Crippen LogP contribution is -2.38. The molecule has 1 N–H and O–H groups in total. The number of allylic oxidation sites excluding steroid dienone is 1. The Morgan fingerprint density at radius 1 is 1.15 bits per heavy atom. The topological polar surface area (TPSA) is 93.4 Å². The van der Waals surface area contributed by atoms with Crippen LogP contribution in [-0.4, -0.2) is 43.0 Å². The van der Waals surface area contributed by atoms with Crippen LogP contribution in [0.4, 0.5) is 0 Å². The van der Waals surface area contributed by atoms with E-state index in [1.807, 2.05) is 31.2 Å². The molecule has 0 aromatic heterocycles. The smallest absolute Gasteiger partial charge is 0.282 e. The van der Waals surface area contributed by atoms with E-state index in [4.69, 9.17) is 24.5 Å². The predicted molar refractivity (Wildman–Crippen MR) is 128 cm³/mol. The normalized spacial score (nSPS) is 16.2. The van der Waals surface area contributed by atoms with Gasteiger partial charge >= 0.3 is 0 Å². The lowest BCUT2D eigenvalue weighted by Gasteiger charge is -2.23. The van der Waals surface area contributed by atoms with Crippen LogP contribution in [0.5, 0.6) is 17.2 Å². The van der Waals surface area contributed by atoms with Gasteiger partial charge in [-0.25, -0.2) is 0 Å². The number of rotatable bonds is 7. The summed E-state index contributed by atoms with van der Waals surface area (Å²) in [6.07, 6.45) is 3.18. The van der Waals surface area contributed by atoms with Crippen molar-refractivity contribution in [2.24, 2.45) is 4.99 Å². The highest BCUT2D eigenvalue weighted by Gasteiger charge is 2.34. The molecule has 2 aromatic rings. The molecule has 1 amide bonds. The van der Waals surface area contributed by atoms with E-state index in [1.54, 1.807) is 31.2 Å². The van der Waals surface area contributed by atoms with Crippen molar-refractivity contribution >= 4 is 39.6 Å². The minimum Gasteiger partial charge on any atom is -0.493 e. The standard InChI is InChI=1S/C24H22BrN3O5/c1-14-6-4-5-7-19(14)31-8-9-32-22-18(25)12-16(13-20(22)30-3)11-17-23(26)28-21(27-24(17)29)10-15(2)33-28/h4-7,10-13,26H,8-9H2,1-3H3/b17-11-,26-23?. The maximum Gasteiger partial charge on any atom is 0.282 e. The van der Waals surface area contributed by atoms with Crippen LogP contribution in [0.3, 0.4) is 0 Å². The summed E-state index contributed by atoms with van der Waals surface area (Å²) in [5.74, 6) is 2.07. The number of carbonyl (C=O) groups excluding carboxylic acids is 1. The number of methoxy groups -OCH3 is 1. The summed E-state index contributed by atoms with van der Waals surface area (Å²) >= 11 is 3.51. The molecule has 9 heteroatoms. The highest BCUT2D eigenvalue weighted by molar-refractivity contribution is 9.10.